The van der Waals surface area contributed by atoms with Gasteiger partial charge in [0.1, 0.15) is 17.7 Å². The summed E-state index contributed by atoms with van der Waals surface area (Å²) in [7, 11) is -0.648. The molecule has 0 saturated heterocycles. The number of amides is 1. The lowest BCUT2D eigenvalue weighted by atomic mass is 9.60. The zero-order chi connectivity index (χ0) is 25.9. The smallest absolute Gasteiger partial charge is 0.327 e. The Hall–Kier alpha value is -1.55. The Kier molecular flexibility index (Phi) is 9.00. The van der Waals surface area contributed by atoms with Crippen molar-refractivity contribution in [2.24, 2.45) is 5.41 Å². The Labute approximate surface area is 210 Å². The maximum Gasteiger partial charge on any atom is 0.327 e. The number of hydrogen-bond acceptors (Lipinski definition) is 8. The van der Waals surface area contributed by atoms with Crippen LogP contribution in [0.15, 0.2) is 18.2 Å². The van der Waals surface area contributed by atoms with Crippen LogP contribution in [-0.2, 0) is 18.8 Å². The zero-order valence-electron chi connectivity index (χ0n) is 20.1. The van der Waals surface area contributed by atoms with E-state index in [-0.39, 0.29) is 41.9 Å². The lowest BCUT2D eigenvalue weighted by Crippen LogP contribution is -2.69. The van der Waals surface area contributed by atoms with Crippen molar-refractivity contribution < 1.29 is 37.8 Å². The molecule has 1 unspecified atom stereocenters. The number of esters is 1. The summed E-state index contributed by atoms with van der Waals surface area (Å²) < 4.78 is 29.8. The first-order chi connectivity index (χ1) is 16.4. The van der Waals surface area contributed by atoms with E-state index in [4.69, 9.17) is 35.4 Å². The van der Waals surface area contributed by atoms with Crippen LogP contribution in [0.2, 0.25) is 5.02 Å². The number of carbonyl (C=O) groups excluding carboxylic acids is 2. The highest BCUT2D eigenvalue weighted by atomic mass is 35.5. The van der Waals surface area contributed by atoms with E-state index < -0.39 is 37.4 Å². The molecule has 1 amide bonds. The fourth-order valence-electron chi connectivity index (χ4n) is 4.91. The predicted molar refractivity (Wildman–Crippen MR) is 128 cm³/mol. The number of ether oxygens (including phenoxy) is 2. The Morgan fingerprint density at radius 2 is 1.94 bits per heavy atom. The average molecular weight is 535 g/mol. The van der Waals surface area contributed by atoms with E-state index in [1.54, 1.807) is 13.8 Å². The minimum Gasteiger partial charge on any atom is -0.484 e. The van der Waals surface area contributed by atoms with E-state index in [2.05, 4.69) is 10.6 Å². The molecule has 1 atom stereocenters. The van der Waals surface area contributed by atoms with Crippen LogP contribution in [0.5, 0.6) is 5.75 Å². The molecule has 4 rings (SSSR count). The molecular formula is C23H33ClFN2O7P. The lowest BCUT2D eigenvalue weighted by molar-refractivity contribution is -0.166. The van der Waals surface area contributed by atoms with Crippen molar-refractivity contribution in [1.82, 2.24) is 10.6 Å². The van der Waals surface area contributed by atoms with Gasteiger partial charge in [-0.1, -0.05) is 25.4 Å². The molecule has 9 nitrogen and oxygen atoms in total. The van der Waals surface area contributed by atoms with Crippen molar-refractivity contribution in [2.45, 2.75) is 69.6 Å². The van der Waals surface area contributed by atoms with E-state index in [0.29, 0.717) is 6.42 Å². The normalized spacial score (nSPS) is 26.0. The topological polar surface area (TPSA) is 126 Å². The number of fused-ring (bicyclic) bond motifs is 3. The van der Waals surface area contributed by atoms with Crippen LogP contribution in [0.25, 0.3) is 0 Å². The fourth-order valence-corrected chi connectivity index (χ4v) is 5.50. The van der Waals surface area contributed by atoms with Gasteiger partial charge in [0.05, 0.1) is 23.6 Å². The summed E-state index contributed by atoms with van der Waals surface area (Å²) in [5, 5.41) is 6.38. The number of rotatable bonds is 11. The van der Waals surface area contributed by atoms with Gasteiger partial charge in [-0.15, -0.1) is 0 Å². The minimum atomic E-state index is -2.50. The molecule has 2 bridgehead atoms. The summed E-state index contributed by atoms with van der Waals surface area (Å²) in [5.41, 5.74) is -1.55. The third-order valence-corrected chi connectivity index (χ3v) is 7.59. The monoisotopic (exact) mass is 534 g/mol. The van der Waals surface area contributed by atoms with E-state index in [1.807, 2.05) is 7.05 Å². The largest absolute Gasteiger partial charge is 0.484 e. The summed E-state index contributed by atoms with van der Waals surface area (Å²) >= 11 is 5.67. The summed E-state index contributed by atoms with van der Waals surface area (Å²) in [5.74, 6) is -1.18. The molecule has 0 aliphatic heterocycles. The minimum absolute atomic E-state index is 0.000154. The van der Waals surface area contributed by atoms with Crippen LogP contribution in [0.4, 0.5) is 4.39 Å². The van der Waals surface area contributed by atoms with Crippen molar-refractivity contribution in [2.75, 3.05) is 20.3 Å². The van der Waals surface area contributed by atoms with Crippen molar-refractivity contribution in [1.29, 1.82) is 0 Å². The molecule has 35 heavy (non-hydrogen) atoms. The van der Waals surface area contributed by atoms with Crippen LogP contribution >= 0.6 is 20.2 Å². The SMILES string of the molecule is CNC12CCC(NC(=O)COc3ccc(Cl)c(F)c3)(CC1)CC2OC(=O)CC(C)(C)COP(O)O. The van der Waals surface area contributed by atoms with Gasteiger partial charge in [-0.25, -0.2) is 4.39 Å². The molecule has 4 N–H and O–H groups in total. The molecule has 3 aliphatic rings. The molecule has 3 saturated carbocycles. The first-order valence-corrected chi connectivity index (χ1v) is 13.0. The molecule has 0 aromatic heterocycles. The molecule has 3 fully saturated rings. The molecule has 0 radical (unpaired) electrons. The third-order valence-electron chi connectivity index (χ3n) is 6.92. The van der Waals surface area contributed by atoms with Gasteiger partial charge in [0.2, 0.25) is 0 Å². The summed E-state index contributed by atoms with van der Waals surface area (Å²) in [6.45, 7) is 3.28. The van der Waals surface area contributed by atoms with Crippen LogP contribution in [-0.4, -0.2) is 59.1 Å². The molecule has 3 aliphatic carbocycles. The number of carbonyl (C=O) groups is 2. The Morgan fingerprint density at radius 1 is 1.26 bits per heavy atom. The van der Waals surface area contributed by atoms with Gasteiger partial charge in [0, 0.05) is 18.0 Å². The van der Waals surface area contributed by atoms with E-state index in [1.165, 1.54) is 12.1 Å². The Bertz CT molecular complexity index is 925. The highest BCUT2D eigenvalue weighted by molar-refractivity contribution is 7.39. The predicted octanol–water partition coefficient (Wildman–Crippen LogP) is 3.21. The number of likely N-dealkylation sites (N-methyl/N-ethyl adjacent to an activating group) is 1. The Balaban J connectivity index is 1.59. The van der Waals surface area contributed by atoms with Gasteiger partial charge in [-0.2, -0.15) is 0 Å². The van der Waals surface area contributed by atoms with Gasteiger partial charge in [-0.05, 0) is 50.3 Å². The highest BCUT2D eigenvalue weighted by Gasteiger charge is 2.56. The van der Waals surface area contributed by atoms with Crippen LogP contribution in [0, 0.1) is 11.2 Å². The Morgan fingerprint density at radius 3 is 2.54 bits per heavy atom. The molecule has 0 spiro atoms. The van der Waals surface area contributed by atoms with Gasteiger partial charge < -0.3 is 34.4 Å². The number of benzene rings is 1. The van der Waals surface area contributed by atoms with Gasteiger partial charge in [-0.3, -0.25) is 9.59 Å². The van der Waals surface area contributed by atoms with Crippen molar-refractivity contribution in [3.63, 3.8) is 0 Å². The maximum atomic E-state index is 13.6. The number of hydrogen-bond donors (Lipinski definition) is 4. The second-order valence-electron chi connectivity index (χ2n) is 10.1. The summed E-state index contributed by atoms with van der Waals surface area (Å²) in [6, 6.07) is 3.98. The second-order valence-corrected chi connectivity index (χ2v) is 11.3. The second kappa shape index (κ2) is 11.2. The van der Waals surface area contributed by atoms with Crippen molar-refractivity contribution >= 4 is 32.1 Å². The zero-order valence-corrected chi connectivity index (χ0v) is 21.8. The van der Waals surface area contributed by atoms with Crippen LogP contribution in [0.1, 0.15) is 52.4 Å². The van der Waals surface area contributed by atoms with Crippen molar-refractivity contribution in [3.05, 3.63) is 29.0 Å². The first-order valence-electron chi connectivity index (χ1n) is 11.5. The van der Waals surface area contributed by atoms with E-state index in [0.717, 1.165) is 31.7 Å². The van der Waals surface area contributed by atoms with Gasteiger partial charge >= 0.3 is 14.6 Å². The van der Waals surface area contributed by atoms with Crippen LogP contribution < -0.4 is 15.4 Å². The maximum absolute atomic E-state index is 13.6. The number of halogens is 2. The van der Waals surface area contributed by atoms with Crippen LogP contribution in [0.3, 0.4) is 0 Å². The molecule has 1 aromatic rings. The lowest BCUT2D eigenvalue weighted by Gasteiger charge is -2.57. The third kappa shape index (κ3) is 7.24. The van der Waals surface area contributed by atoms with Crippen molar-refractivity contribution in [3.8, 4) is 5.75 Å². The molecular weight excluding hydrogens is 502 g/mol. The average Bonchev–Trinajstić information content (AvgIpc) is 2.79. The summed E-state index contributed by atoms with van der Waals surface area (Å²) in [4.78, 5) is 43.4. The molecule has 1 aromatic carbocycles. The van der Waals surface area contributed by atoms with E-state index >= 15 is 0 Å². The number of nitrogens with one attached hydrogen (secondary N) is 2. The molecule has 0 heterocycles. The van der Waals surface area contributed by atoms with Gasteiger partial charge in [0.25, 0.3) is 5.91 Å². The van der Waals surface area contributed by atoms with Gasteiger partial charge in [0.15, 0.2) is 6.61 Å². The fraction of sp³-hybridized carbons (Fsp3) is 0.652. The first kappa shape index (κ1) is 28.0. The summed E-state index contributed by atoms with van der Waals surface area (Å²) in [6.07, 6.45) is 2.93. The quantitative estimate of drug-likeness (QED) is 0.252. The van der Waals surface area contributed by atoms with E-state index in [9.17, 15) is 14.0 Å². The standard InChI is InChI=1S/C23H33ClFN2O7P/c1-21(2,14-33-35(30)31)12-20(29)34-18-11-22(6-8-23(18,26-3)9-7-22)27-19(28)13-32-15-4-5-16(24)17(25)10-15/h4-5,10,18,26,30-31H,6-9,11-14H2,1-3H3,(H,27,28). The molecule has 12 heteroatoms. The molecule has 196 valence electrons. The highest BCUT2D eigenvalue weighted by Crippen LogP contribution is 2.48.